The van der Waals surface area contributed by atoms with Crippen LogP contribution in [0, 0.1) is 5.92 Å². The van der Waals surface area contributed by atoms with Gasteiger partial charge in [-0.15, -0.1) is 0 Å². The van der Waals surface area contributed by atoms with Gasteiger partial charge < -0.3 is 9.84 Å². The fraction of sp³-hybridized carbons (Fsp3) is 0.462. The summed E-state index contributed by atoms with van der Waals surface area (Å²) < 4.78 is 5.00. The van der Waals surface area contributed by atoms with E-state index >= 15 is 0 Å². The third-order valence-electron chi connectivity index (χ3n) is 3.17. The Morgan fingerprint density at radius 2 is 2.12 bits per heavy atom. The molecule has 1 aliphatic rings. The van der Waals surface area contributed by atoms with E-state index in [4.69, 9.17) is 4.74 Å². The number of hydrogen-bond donors (Lipinski definition) is 1. The molecule has 1 aromatic rings. The Morgan fingerprint density at radius 3 is 2.75 bits per heavy atom. The van der Waals surface area contributed by atoms with E-state index in [1.165, 1.54) is 0 Å². The van der Waals surface area contributed by atoms with Crippen molar-refractivity contribution in [1.82, 2.24) is 0 Å². The molecule has 0 bridgehead atoms. The maximum atomic E-state index is 11.6. The maximum absolute atomic E-state index is 11.6. The number of rotatable bonds is 2. The van der Waals surface area contributed by atoms with Crippen molar-refractivity contribution < 1.29 is 14.6 Å². The molecule has 0 saturated carbocycles. The first-order valence-corrected chi connectivity index (χ1v) is 5.52. The third kappa shape index (κ3) is 2.25. The molecule has 3 nitrogen and oxygen atoms in total. The molecule has 2 atom stereocenters. The van der Waals surface area contributed by atoms with Gasteiger partial charge in [-0.25, -0.2) is 0 Å². The first-order chi connectivity index (χ1) is 7.59. The SMILES string of the molecule is C[C@@]1(O)CCOC(=O)[C@@H]1Cc1ccccc1. The summed E-state index contributed by atoms with van der Waals surface area (Å²) in [4.78, 5) is 11.6. The molecule has 16 heavy (non-hydrogen) atoms. The molecule has 1 fully saturated rings. The molecule has 0 radical (unpaired) electrons. The topological polar surface area (TPSA) is 46.5 Å². The van der Waals surface area contributed by atoms with E-state index in [2.05, 4.69) is 0 Å². The molecular weight excluding hydrogens is 204 g/mol. The predicted molar refractivity (Wildman–Crippen MR) is 59.8 cm³/mol. The van der Waals surface area contributed by atoms with Crippen LogP contribution in [0.2, 0.25) is 0 Å². The van der Waals surface area contributed by atoms with Gasteiger partial charge >= 0.3 is 5.97 Å². The summed E-state index contributed by atoms with van der Waals surface area (Å²) in [6.45, 7) is 2.03. The van der Waals surface area contributed by atoms with E-state index in [1.807, 2.05) is 30.3 Å². The summed E-state index contributed by atoms with van der Waals surface area (Å²) in [5, 5.41) is 10.2. The molecule has 1 N–H and O–H groups in total. The van der Waals surface area contributed by atoms with Crippen molar-refractivity contribution >= 4 is 5.97 Å². The van der Waals surface area contributed by atoms with E-state index in [1.54, 1.807) is 6.92 Å². The lowest BCUT2D eigenvalue weighted by Gasteiger charge is -2.35. The molecule has 86 valence electrons. The van der Waals surface area contributed by atoms with Crippen LogP contribution in [0.3, 0.4) is 0 Å². The molecular formula is C13H16O3. The summed E-state index contributed by atoms with van der Waals surface area (Å²) in [6.07, 6.45) is 1.04. The second-order valence-electron chi connectivity index (χ2n) is 4.52. The first kappa shape index (κ1) is 11.1. The monoisotopic (exact) mass is 220 g/mol. The Morgan fingerprint density at radius 1 is 1.44 bits per heavy atom. The van der Waals surface area contributed by atoms with Crippen molar-refractivity contribution in [1.29, 1.82) is 0 Å². The Balaban J connectivity index is 2.15. The van der Waals surface area contributed by atoms with Crippen LogP contribution in [0.4, 0.5) is 0 Å². The predicted octanol–water partition coefficient (Wildman–Crippen LogP) is 1.54. The number of esters is 1. The van der Waals surface area contributed by atoms with Crippen LogP contribution in [0.1, 0.15) is 18.9 Å². The summed E-state index contributed by atoms with van der Waals surface area (Å²) in [5.41, 5.74) is 0.0946. The quantitative estimate of drug-likeness (QED) is 0.769. The maximum Gasteiger partial charge on any atom is 0.312 e. The Labute approximate surface area is 95.0 Å². The van der Waals surface area contributed by atoms with E-state index in [-0.39, 0.29) is 5.97 Å². The largest absolute Gasteiger partial charge is 0.465 e. The number of cyclic esters (lactones) is 1. The lowest BCUT2D eigenvalue weighted by Crippen LogP contribution is -2.46. The average molecular weight is 220 g/mol. The lowest BCUT2D eigenvalue weighted by molar-refractivity contribution is -0.170. The number of benzene rings is 1. The van der Waals surface area contributed by atoms with Crippen molar-refractivity contribution in [2.24, 2.45) is 5.92 Å². The number of aliphatic hydroxyl groups is 1. The van der Waals surface area contributed by atoms with Crippen molar-refractivity contribution in [2.45, 2.75) is 25.4 Å². The molecule has 1 aliphatic heterocycles. The number of hydrogen-bond acceptors (Lipinski definition) is 3. The van der Waals surface area contributed by atoms with E-state index in [9.17, 15) is 9.90 Å². The number of carbonyl (C=O) groups excluding carboxylic acids is 1. The van der Waals surface area contributed by atoms with E-state index in [0.717, 1.165) is 5.56 Å². The molecule has 2 rings (SSSR count). The molecule has 1 aromatic carbocycles. The zero-order chi connectivity index (χ0) is 11.6. The summed E-state index contributed by atoms with van der Waals surface area (Å²) in [5.74, 6) is -0.747. The van der Waals surface area contributed by atoms with Crippen LogP contribution in [0.5, 0.6) is 0 Å². The molecule has 0 spiro atoms. The molecule has 0 aliphatic carbocycles. The highest BCUT2D eigenvalue weighted by Crippen LogP contribution is 2.29. The fourth-order valence-corrected chi connectivity index (χ4v) is 2.04. The Hall–Kier alpha value is -1.35. The average Bonchev–Trinajstić information content (AvgIpc) is 2.25. The standard InChI is InChI=1S/C13H16O3/c1-13(15)7-8-16-12(14)11(13)9-10-5-3-2-4-6-10/h2-6,11,15H,7-9H2,1H3/t11-,13+/m0/s1. The van der Waals surface area contributed by atoms with Gasteiger partial charge in [0.2, 0.25) is 0 Å². The minimum atomic E-state index is -0.953. The van der Waals surface area contributed by atoms with Gasteiger partial charge in [-0.3, -0.25) is 4.79 Å². The van der Waals surface area contributed by atoms with Gasteiger partial charge in [0.15, 0.2) is 0 Å². The van der Waals surface area contributed by atoms with E-state index < -0.39 is 11.5 Å². The van der Waals surface area contributed by atoms with Crippen molar-refractivity contribution in [3.05, 3.63) is 35.9 Å². The lowest BCUT2D eigenvalue weighted by atomic mass is 9.81. The van der Waals surface area contributed by atoms with Crippen molar-refractivity contribution in [3.8, 4) is 0 Å². The Bertz CT molecular complexity index is 370. The highest BCUT2D eigenvalue weighted by Gasteiger charge is 2.41. The molecule has 0 amide bonds. The first-order valence-electron chi connectivity index (χ1n) is 5.52. The van der Waals surface area contributed by atoms with Gasteiger partial charge in [0, 0.05) is 6.42 Å². The van der Waals surface area contributed by atoms with Gasteiger partial charge in [-0.2, -0.15) is 0 Å². The van der Waals surface area contributed by atoms with Gasteiger partial charge in [-0.1, -0.05) is 30.3 Å². The molecule has 0 aromatic heterocycles. The highest BCUT2D eigenvalue weighted by molar-refractivity contribution is 5.75. The third-order valence-corrected chi connectivity index (χ3v) is 3.17. The summed E-state index contributed by atoms with van der Waals surface area (Å²) >= 11 is 0. The van der Waals surface area contributed by atoms with Crippen LogP contribution >= 0.6 is 0 Å². The minimum absolute atomic E-state index is 0.292. The van der Waals surface area contributed by atoms with Gasteiger partial charge in [0.25, 0.3) is 0 Å². The minimum Gasteiger partial charge on any atom is -0.465 e. The van der Waals surface area contributed by atoms with Crippen LogP contribution in [-0.2, 0) is 16.0 Å². The van der Waals surface area contributed by atoms with Gasteiger partial charge in [0.1, 0.15) is 0 Å². The molecule has 1 heterocycles. The molecule has 3 heteroatoms. The van der Waals surface area contributed by atoms with Gasteiger partial charge in [-0.05, 0) is 18.9 Å². The second-order valence-corrected chi connectivity index (χ2v) is 4.52. The van der Waals surface area contributed by atoms with Gasteiger partial charge in [0.05, 0.1) is 18.1 Å². The normalized spacial score (nSPS) is 29.9. The number of ether oxygens (including phenoxy) is 1. The molecule has 0 unspecified atom stereocenters. The van der Waals surface area contributed by atoms with Crippen molar-refractivity contribution in [3.63, 3.8) is 0 Å². The van der Waals surface area contributed by atoms with Crippen LogP contribution in [0.15, 0.2) is 30.3 Å². The van der Waals surface area contributed by atoms with Crippen LogP contribution < -0.4 is 0 Å². The zero-order valence-corrected chi connectivity index (χ0v) is 9.35. The van der Waals surface area contributed by atoms with E-state index in [0.29, 0.717) is 19.4 Å². The summed E-state index contributed by atoms with van der Waals surface area (Å²) in [7, 11) is 0. The van der Waals surface area contributed by atoms with Crippen molar-refractivity contribution in [2.75, 3.05) is 6.61 Å². The van der Waals surface area contributed by atoms with Crippen LogP contribution in [-0.4, -0.2) is 23.3 Å². The fourth-order valence-electron chi connectivity index (χ4n) is 2.04. The second kappa shape index (κ2) is 4.26. The number of carbonyl (C=O) groups is 1. The smallest absolute Gasteiger partial charge is 0.312 e. The van der Waals surface area contributed by atoms with Crippen LogP contribution in [0.25, 0.3) is 0 Å². The Kier molecular flexibility index (Phi) is 2.97. The summed E-state index contributed by atoms with van der Waals surface area (Å²) in [6, 6.07) is 9.70. The zero-order valence-electron chi connectivity index (χ0n) is 9.35. The highest BCUT2D eigenvalue weighted by atomic mass is 16.5. The molecule has 1 saturated heterocycles.